The minimum atomic E-state index is -1.10. The molecule has 0 radical (unpaired) electrons. The molecule has 0 aliphatic rings. The van der Waals surface area contributed by atoms with E-state index in [0.29, 0.717) is 0 Å². The van der Waals surface area contributed by atoms with E-state index >= 15 is 0 Å². The first-order chi connectivity index (χ1) is 8.11. The highest BCUT2D eigenvalue weighted by molar-refractivity contribution is 5.79. The molecule has 0 rings (SSSR count). The lowest BCUT2D eigenvalue weighted by molar-refractivity contribution is -0.140. The lowest BCUT2D eigenvalue weighted by Crippen LogP contribution is -2.44. The van der Waals surface area contributed by atoms with E-state index in [1.165, 1.54) is 0 Å². The number of alkyl carbamates (subject to hydrolysis) is 1. The van der Waals surface area contributed by atoms with E-state index in [0.717, 1.165) is 0 Å². The van der Waals surface area contributed by atoms with Crippen molar-refractivity contribution in [3.8, 4) is 0 Å². The highest BCUT2D eigenvalue weighted by Crippen LogP contribution is 2.07. The minimum Gasteiger partial charge on any atom is -0.480 e. The summed E-state index contributed by atoms with van der Waals surface area (Å²) in [6.45, 7) is 9.12. The second-order valence-corrected chi connectivity index (χ2v) is 5.25. The monoisotopic (exact) mass is 261 g/mol. The van der Waals surface area contributed by atoms with Crippen LogP contribution in [0.3, 0.4) is 0 Å². The summed E-state index contributed by atoms with van der Waals surface area (Å²) in [4.78, 5) is 22.4. The third kappa shape index (κ3) is 8.81. The van der Waals surface area contributed by atoms with Crippen LogP contribution in [-0.2, 0) is 14.3 Å². The van der Waals surface area contributed by atoms with Gasteiger partial charge in [-0.25, -0.2) is 9.59 Å². The predicted molar refractivity (Wildman–Crippen MR) is 66.5 cm³/mol. The Bertz CT molecular complexity index is 283. The van der Waals surface area contributed by atoms with Gasteiger partial charge in [0, 0.05) is 13.0 Å². The van der Waals surface area contributed by atoms with E-state index < -0.39 is 23.7 Å². The Morgan fingerprint density at radius 3 is 2.22 bits per heavy atom. The molecule has 0 saturated carbocycles. The molecule has 0 fully saturated rings. The zero-order valence-electron chi connectivity index (χ0n) is 11.6. The van der Waals surface area contributed by atoms with Crippen LogP contribution < -0.4 is 5.32 Å². The number of ether oxygens (including phenoxy) is 2. The fourth-order valence-electron chi connectivity index (χ4n) is 1.13. The number of hydrogen-bond acceptors (Lipinski definition) is 4. The molecule has 1 amide bonds. The van der Waals surface area contributed by atoms with Gasteiger partial charge in [-0.15, -0.1) is 0 Å². The van der Waals surface area contributed by atoms with Gasteiger partial charge in [0.15, 0.2) is 0 Å². The Balaban J connectivity index is 4.19. The van der Waals surface area contributed by atoms with Gasteiger partial charge in [-0.2, -0.15) is 0 Å². The molecule has 0 spiro atoms. The normalized spacial score (nSPS) is 13.2. The van der Waals surface area contributed by atoms with Crippen LogP contribution in [0.2, 0.25) is 0 Å². The summed E-state index contributed by atoms with van der Waals surface area (Å²) in [7, 11) is 0. The summed E-state index contributed by atoms with van der Waals surface area (Å²) in [5, 5.41) is 11.3. The molecular weight excluding hydrogens is 238 g/mol. The molecule has 6 nitrogen and oxygen atoms in total. The van der Waals surface area contributed by atoms with E-state index in [2.05, 4.69) is 5.32 Å². The standard InChI is InChI=1S/C12H23NO5/c1-8(2)17-7-6-9(10(14)15)13-11(16)18-12(3,4)5/h8-9H,6-7H2,1-5H3,(H,13,16)(H,14,15)/t9-/m0/s1. The van der Waals surface area contributed by atoms with Crippen LogP contribution in [0.1, 0.15) is 41.0 Å². The number of aliphatic carboxylic acids is 1. The van der Waals surface area contributed by atoms with Gasteiger partial charge in [-0.05, 0) is 34.6 Å². The maximum Gasteiger partial charge on any atom is 0.408 e. The SMILES string of the molecule is CC(C)OCC[C@H](NC(=O)OC(C)(C)C)C(=O)O. The summed E-state index contributed by atoms with van der Waals surface area (Å²) >= 11 is 0. The largest absolute Gasteiger partial charge is 0.480 e. The fourth-order valence-corrected chi connectivity index (χ4v) is 1.13. The smallest absolute Gasteiger partial charge is 0.408 e. The fraction of sp³-hybridized carbons (Fsp3) is 0.833. The third-order valence-electron chi connectivity index (χ3n) is 1.85. The second-order valence-electron chi connectivity index (χ2n) is 5.25. The Kier molecular flexibility index (Phi) is 6.68. The molecule has 0 saturated heterocycles. The Labute approximate surface area is 108 Å². The maximum atomic E-state index is 11.4. The number of carbonyl (C=O) groups is 2. The summed E-state index contributed by atoms with van der Waals surface area (Å²) in [5.41, 5.74) is -0.651. The number of carbonyl (C=O) groups excluding carboxylic acids is 1. The number of amides is 1. The molecular formula is C12H23NO5. The zero-order chi connectivity index (χ0) is 14.3. The molecule has 2 N–H and O–H groups in total. The number of hydrogen-bond donors (Lipinski definition) is 2. The Hall–Kier alpha value is -1.30. The summed E-state index contributed by atoms with van der Waals surface area (Å²) in [6.07, 6.45) is -0.507. The number of rotatable bonds is 6. The van der Waals surface area contributed by atoms with E-state index in [4.69, 9.17) is 14.6 Å². The van der Waals surface area contributed by atoms with E-state index in [9.17, 15) is 9.59 Å². The molecule has 0 aromatic carbocycles. The van der Waals surface area contributed by atoms with E-state index in [1.54, 1.807) is 20.8 Å². The number of carboxylic acid groups (broad SMARTS) is 1. The summed E-state index contributed by atoms with van der Waals surface area (Å²) < 4.78 is 10.2. The van der Waals surface area contributed by atoms with Gasteiger partial charge >= 0.3 is 12.1 Å². The average Bonchev–Trinajstić information content (AvgIpc) is 2.12. The maximum absolute atomic E-state index is 11.4. The van der Waals surface area contributed by atoms with Crippen LogP contribution in [0.4, 0.5) is 4.79 Å². The van der Waals surface area contributed by atoms with Crippen LogP contribution >= 0.6 is 0 Å². The Morgan fingerprint density at radius 1 is 1.28 bits per heavy atom. The average molecular weight is 261 g/mol. The van der Waals surface area contributed by atoms with Crippen molar-refractivity contribution in [1.82, 2.24) is 5.32 Å². The van der Waals surface area contributed by atoms with Gasteiger partial charge in [-0.3, -0.25) is 0 Å². The van der Waals surface area contributed by atoms with Gasteiger partial charge < -0.3 is 19.9 Å². The first-order valence-corrected chi connectivity index (χ1v) is 5.95. The van der Waals surface area contributed by atoms with Crippen molar-refractivity contribution in [3.63, 3.8) is 0 Å². The van der Waals surface area contributed by atoms with Crippen molar-refractivity contribution in [1.29, 1.82) is 0 Å². The number of nitrogens with one attached hydrogen (secondary N) is 1. The molecule has 0 bridgehead atoms. The van der Waals surface area contributed by atoms with E-state index in [1.807, 2.05) is 13.8 Å². The van der Waals surface area contributed by atoms with Gasteiger partial charge in [0.2, 0.25) is 0 Å². The van der Waals surface area contributed by atoms with Crippen LogP contribution in [-0.4, -0.2) is 41.5 Å². The lowest BCUT2D eigenvalue weighted by atomic mass is 10.2. The molecule has 106 valence electrons. The van der Waals surface area contributed by atoms with Gasteiger partial charge in [-0.1, -0.05) is 0 Å². The van der Waals surface area contributed by atoms with Crippen molar-refractivity contribution >= 4 is 12.1 Å². The molecule has 0 aromatic heterocycles. The first-order valence-electron chi connectivity index (χ1n) is 5.95. The third-order valence-corrected chi connectivity index (χ3v) is 1.85. The van der Waals surface area contributed by atoms with Crippen molar-refractivity contribution < 1.29 is 24.2 Å². The second kappa shape index (κ2) is 7.20. The minimum absolute atomic E-state index is 0.0287. The van der Waals surface area contributed by atoms with Gasteiger partial charge in [0.05, 0.1) is 6.10 Å². The van der Waals surface area contributed by atoms with Crippen molar-refractivity contribution in [2.75, 3.05) is 6.61 Å². The van der Waals surface area contributed by atoms with Gasteiger partial charge in [0.1, 0.15) is 11.6 Å². The zero-order valence-corrected chi connectivity index (χ0v) is 11.6. The lowest BCUT2D eigenvalue weighted by Gasteiger charge is -2.22. The topological polar surface area (TPSA) is 84.9 Å². The molecule has 0 aliphatic carbocycles. The molecule has 1 atom stereocenters. The predicted octanol–water partition coefficient (Wildman–Crippen LogP) is 1.78. The molecule has 0 aromatic rings. The van der Waals surface area contributed by atoms with Crippen LogP contribution in [0, 0.1) is 0 Å². The first kappa shape index (κ1) is 16.7. The van der Waals surface area contributed by atoms with Crippen molar-refractivity contribution in [2.24, 2.45) is 0 Å². The molecule has 0 aliphatic heterocycles. The quantitative estimate of drug-likeness (QED) is 0.761. The van der Waals surface area contributed by atoms with Crippen LogP contribution in [0.25, 0.3) is 0 Å². The summed E-state index contributed by atoms with van der Waals surface area (Å²) in [5.74, 6) is -1.10. The van der Waals surface area contributed by atoms with Crippen LogP contribution in [0.5, 0.6) is 0 Å². The van der Waals surface area contributed by atoms with E-state index in [-0.39, 0.29) is 19.1 Å². The molecule has 0 heterocycles. The Morgan fingerprint density at radius 2 is 1.83 bits per heavy atom. The van der Waals surface area contributed by atoms with Crippen LogP contribution in [0.15, 0.2) is 0 Å². The molecule has 18 heavy (non-hydrogen) atoms. The highest BCUT2D eigenvalue weighted by atomic mass is 16.6. The van der Waals surface area contributed by atoms with Crippen molar-refractivity contribution in [3.05, 3.63) is 0 Å². The van der Waals surface area contributed by atoms with Crippen molar-refractivity contribution in [2.45, 2.75) is 58.8 Å². The highest BCUT2D eigenvalue weighted by Gasteiger charge is 2.23. The molecule has 0 unspecified atom stereocenters. The van der Waals surface area contributed by atoms with Gasteiger partial charge in [0.25, 0.3) is 0 Å². The molecule has 6 heteroatoms. The number of carboxylic acids is 1. The summed E-state index contributed by atoms with van der Waals surface area (Å²) in [6, 6.07) is -1.00.